The van der Waals surface area contributed by atoms with Crippen molar-refractivity contribution in [2.24, 2.45) is 5.41 Å². The smallest absolute Gasteiger partial charge is 0.00447 e. The van der Waals surface area contributed by atoms with E-state index in [1.54, 1.807) is 0 Å². The normalized spacial score (nSPS) is 12.4. The molecule has 0 aliphatic heterocycles. The van der Waals surface area contributed by atoms with Crippen molar-refractivity contribution in [3.63, 3.8) is 0 Å². The summed E-state index contributed by atoms with van der Waals surface area (Å²) in [6, 6.07) is 0. The molecule has 0 unspecified atom stereocenters. The van der Waals surface area contributed by atoms with Gasteiger partial charge in [-0.05, 0) is 32.0 Å². The van der Waals surface area contributed by atoms with Crippen LogP contribution < -0.4 is 5.32 Å². The van der Waals surface area contributed by atoms with Crippen LogP contribution >= 0.6 is 0 Å². The fourth-order valence-electron chi connectivity index (χ4n) is 1.87. The van der Waals surface area contributed by atoms with Crippen LogP contribution in [0.25, 0.3) is 0 Å². The van der Waals surface area contributed by atoms with Gasteiger partial charge in [-0.15, -0.1) is 0 Å². The monoisotopic (exact) mass is 200 g/mol. The molecule has 0 rings (SSSR count). The van der Waals surface area contributed by atoms with Gasteiger partial charge in [-0.25, -0.2) is 0 Å². The Kier molecular flexibility index (Phi) is 7.20. The fourth-order valence-corrected chi connectivity index (χ4v) is 1.87. The van der Waals surface area contributed by atoms with E-state index in [0.717, 1.165) is 6.54 Å². The molecule has 1 N–H and O–H groups in total. The predicted octanol–water partition coefficient (Wildman–Crippen LogP) is 2.35. The van der Waals surface area contributed by atoms with Crippen molar-refractivity contribution in [1.82, 2.24) is 10.2 Å². The Morgan fingerprint density at radius 2 is 1.86 bits per heavy atom. The largest absolute Gasteiger partial charge is 0.319 e. The maximum absolute atomic E-state index is 3.27. The molecule has 0 aliphatic rings. The van der Waals surface area contributed by atoms with Gasteiger partial charge in [0.25, 0.3) is 0 Å². The molecule has 0 aromatic rings. The van der Waals surface area contributed by atoms with Crippen molar-refractivity contribution in [2.45, 2.75) is 40.5 Å². The molecule has 0 atom stereocenters. The minimum absolute atomic E-state index is 0.387. The summed E-state index contributed by atoms with van der Waals surface area (Å²) in [5, 5.41) is 3.27. The van der Waals surface area contributed by atoms with E-state index >= 15 is 0 Å². The molecule has 0 spiro atoms. The second-order valence-electron chi connectivity index (χ2n) is 4.92. The first-order valence-corrected chi connectivity index (χ1v) is 5.92. The molecule has 0 aliphatic carbocycles. The Hall–Kier alpha value is -0.0800. The summed E-state index contributed by atoms with van der Waals surface area (Å²) in [6.45, 7) is 13.9. The molecule has 0 aromatic carbocycles. The maximum Gasteiger partial charge on any atom is 0.00447 e. The van der Waals surface area contributed by atoms with Crippen LogP contribution in [0.3, 0.4) is 0 Å². The van der Waals surface area contributed by atoms with Crippen molar-refractivity contribution in [1.29, 1.82) is 0 Å². The molecule has 0 aromatic heterocycles. The van der Waals surface area contributed by atoms with Crippen LogP contribution in [0.2, 0.25) is 0 Å². The zero-order chi connectivity index (χ0) is 11.0. The van der Waals surface area contributed by atoms with Gasteiger partial charge in [0.2, 0.25) is 0 Å². The summed E-state index contributed by atoms with van der Waals surface area (Å²) in [7, 11) is 2.03. The van der Waals surface area contributed by atoms with Crippen LogP contribution in [0.1, 0.15) is 40.5 Å². The van der Waals surface area contributed by atoms with Gasteiger partial charge in [-0.1, -0.05) is 34.1 Å². The zero-order valence-electron chi connectivity index (χ0n) is 10.7. The number of rotatable bonds is 8. The Morgan fingerprint density at radius 1 is 1.21 bits per heavy atom. The van der Waals surface area contributed by atoms with Gasteiger partial charge in [-0.3, -0.25) is 0 Å². The first-order valence-electron chi connectivity index (χ1n) is 5.92. The number of unbranched alkanes of at least 4 members (excludes halogenated alkanes) is 1. The molecule has 0 heterocycles. The fraction of sp³-hybridized carbons (Fsp3) is 1.00. The molecule has 86 valence electrons. The summed E-state index contributed by atoms with van der Waals surface area (Å²) in [5.41, 5.74) is 0.387. The number of hydrogen-bond donors (Lipinski definition) is 1. The average molecular weight is 200 g/mol. The van der Waals surface area contributed by atoms with Crippen LogP contribution in [0.5, 0.6) is 0 Å². The van der Waals surface area contributed by atoms with E-state index in [-0.39, 0.29) is 0 Å². The van der Waals surface area contributed by atoms with Crippen LogP contribution in [-0.2, 0) is 0 Å². The van der Waals surface area contributed by atoms with Gasteiger partial charge >= 0.3 is 0 Å². The van der Waals surface area contributed by atoms with Crippen LogP contribution in [0.4, 0.5) is 0 Å². The van der Waals surface area contributed by atoms with Gasteiger partial charge in [0, 0.05) is 13.1 Å². The standard InChI is InChI=1S/C12H28N2/c1-6-8-9-14(7-2)11-12(3,4)10-13-5/h13H,6-11H2,1-5H3. The molecule has 14 heavy (non-hydrogen) atoms. The highest BCUT2D eigenvalue weighted by molar-refractivity contribution is 4.75. The third kappa shape index (κ3) is 6.39. The minimum Gasteiger partial charge on any atom is -0.319 e. The summed E-state index contributed by atoms with van der Waals surface area (Å²) in [6.07, 6.45) is 2.62. The van der Waals surface area contributed by atoms with Crippen LogP contribution in [0.15, 0.2) is 0 Å². The Labute approximate surface area is 90.1 Å². The molecule has 0 fully saturated rings. The molecule has 2 nitrogen and oxygen atoms in total. The summed E-state index contributed by atoms with van der Waals surface area (Å²) < 4.78 is 0. The third-order valence-corrected chi connectivity index (χ3v) is 2.58. The summed E-state index contributed by atoms with van der Waals surface area (Å²) >= 11 is 0. The van der Waals surface area contributed by atoms with Crippen LogP contribution in [-0.4, -0.2) is 38.1 Å². The van der Waals surface area contributed by atoms with Crippen molar-refractivity contribution < 1.29 is 0 Å². The maximum atomic E-state index is 3.27. The molecular formula is C12H28N2. The van der Waals surface area contributed by atoms with E-state index < -0.39 is 0 Å². The molecule has 0 bridgehead atoms. The third-order valence-electron chi connectivity index (χ3n) is 2.58. The van der Waals surface area contributed by atoms with Crippen LogP contribution in [0, 0.1) is 5.41 Å². The molecule has 0 amide bonds. The van der Waals surface area contributed by atoms with Gasteiger partial charge in [0.05, 0.1) is 0 Å². The molecule has 0 saturated heterocycles. The SMILES string of the molecule is CCCCN(CC)CC(C)(C)CNC. The van der Waals surface area contributed by atoms with Gasteiger partial charge < -0.3 is 10.2 Å². The van der Waals surface area contributed by atoms with E-state index in [2.05, 4.69) is 37.9 Å². The Bertz CT molecular complexity index is 132. The summed E-state index contributed by atoms with van der Waals surface area (Å²) in [5.74, 6) is 0. The van der Waals surface area contributed by atoms with Gasteiger partial charge in [-0.2, -0.15) is 0 Å². The number of hydrogen-bond acceptors (Lipinski definition) is 2. The first-order chi connectivity index (χ1) is 6.55. The lowest BCUT2D eigenvalue weighted by molar-refractivity contribution is 0.181. The topological polar surface area (TPSA) is 15.3 Å². The molecule has 2 heteroatoms. The summed E-state index contributed by atoms with van der Waals surface area (Å²) in [4.78, 5) is 2.56. The van der Waals surface area contributed by atoms with Gasteiger partial charge in [0.15, 0.2) is 0 Å². The second-order valence-corrected chi connectivity index (χ2v) is 4.92. The van der Waals surface area contributed by atoms with E-state index in [9.17, 15) is 0 Å². The highest BCUT2D eigenvalue weighted by atomic mass is 15.1. The van der Waals surface area contributed by atoms with E-state index in [1.807, 2.05) is 7.05 Å². The number of nitrogens with one attached hydrogen (secondary N) is 1. The lowest BCUT2D eigenvalue weighted by atomic mass is 9.92. The number of nitrogens with zero attached hydrogens (tertiary/aromatic N) is 1. The lowest BCUT2D eigenvalue weighted by Gasteiger charge is -2.32. The highest BCUT2D eigenvalue weighted by Gasteiger charge is 2.19. The van der Waals surface area contributed by atoms with Crippen molar-refractivity contribution in [3.8, 4) is 0 Å². The second kappa shape index (κ2) is 7.24. The van der Waals surface area contributed by atoms with Crippen molar-refractivity contribution in [3.05, 3.63) is 0 Å². The van der Waals surface area contributed by atoms with Crippen molar-refractivity contribution >= 4 is 0 Å². The van der Waals surface area contributed by atoms with E-state index in [4.69, 9.17) is 0 Å². The lowest BCUT2D eigenvalue weighted by Crippen LogP contribution is -2.40. The molecular weight excluding hydrogens is 172 g/mol. The molecule has 0 saturated carbocycles. The average Bonchev–Trinajstić information content (AvgIpc) is 2.12. The first kappa shape index (κ1) is 13.9. The highest BCUT2D eigenvalue weighted by Crippen LogP contribution is 2.15. The van der Waals surface area contributed by atoms with E-state index in [0.29, 0.717) is 5.41 Å². The minimum atomic E-state index is 0.387. The van der Waals surface area contributed by atoms with Gasteiger partial charge in [0.1, 0.15) is 0 Å². The Morgan fingerprint density at radius 3 is 2.29 bits per heavy atom. The predicted molar refractivity (Wildman–Crippen MR) is 64.7 cm³/mol. The zero-order valence-corrected chi connectivity index (χ0v) is 10.7. The Balaban J connectivity index is 3.89. The van der Waals surface area contributed by atoms with E-state index in [1.165, 1.54) is 32.5 Å². The quantitative estimate of drug-likeness (QED) is 0.647. The molecule has 0 radical (unpaired) electrons. The van der Waals surface area contributed by atoms with Crippen molar-refractivity contribution in [2.75, 3.05) is 33.2 Å².